The molecule has 0 unspecified atom stereocenters. The van der Waals surface area contributed by atoms with Crippen molar-refractivity contribution in [1.29, 1.82) is 0 Å². The molecule has 0 bridgehead atoms. The van der Waals surface area contributed by atoms with Crippen molar-refractivity contribution in [3.05, 3.63) is 11.8 Å². The summed E-state index contributed by atoms with van der Waals surface area (Å²) in [6.45, 7) is 5.05. The van der Waals surface area contributed by atoms with E-state index in [-0.39, 0.29) is 30.2 Å². The number of likely N-dealkylation sites (tertiary alicyclic amines) is 1. The molecule has 0 spiro atoms. The zero-order valence-electron chi connectivity index (χ0n) is 14.4. The number of fused-ring (bicyclic) bond motifs is 1. The van der Waals surface area contributed by atoms with Gasteiger partial charge in [0.1, 0.15) is 5.82 Å². The fraction of sp³-hybridized carbons (Fsp3) is 0.765. The Labute approximate surface area is 144 Å². The molecule has 1 aliphatic carbocycles. The molecule has 1 amide bonds. The second-order valence-corrected chi connectivity index (χ2v) is 7.83. The number of hydrogen-bond acceptors (Lipinski definition) is 3. The predicted molar refractivity (Wildman–Crippen MR) is 86.2 cm³/mol. The summed E-state index contributed by atoms with van der Waals surface area (Å²) in [6.07, 6.45) is -2.62. The van der Waals surface area contributed by atoms with E-state index in [1.807, 2.05) is 4.90 Å². The lowest BCUT2D eigenvalue weighted by molar-refractivity contribution is -0.173. The number of alkyl halides is 3. The van der Waals surface area contributed by atoms with Crippen molar-refractivity contribution < 1.29 is 18.0 Å². The first-order valence-corrected chi connectivity index (χ1v) is 8.95. The third kappa shape index (κ3) is 3.00. The van der Waals surface area contributed by atoms with Crippen molar-refractivity contribution >= 4 is 11.7 Å². The number of hydrogen-bond donors (Lipinski definition) is 1. The fourth-order valence-electron chi connectivity index (χ4n) is 4.08. The maximum atomic E-state index is 13.3. The number of rotatable bonds is 2. The largest absolute Gasteiger partial charge is 0.410 e. The van der Waals surface area contributed by atoms with Crippen molar-refractivity contribution in [3.8, 4) is 0 Å². The van der Waals surface area contributed by atoms with Crippen molar-refractivity contribution in [2.45, 2.75) is 57.3 Å². The van der Waals surface area contributed by atoms with Crippen LogP contribution >= 0.6 is 0 Å². The molecule has 3 aliphatic rings. The number of carbonyl (C=O) groups excluding carboxylic acids is 1. The van der Waals surface area contributed by atoms with E-state index in [1.54, 1.807) is 13.0 Å². The normalized spacial score (nSPS) is 34.6. The standard InChI is InChI=1S/C17H23F3N4O/c1-9-5-12(9)16(25)23-4-3-11(8-23)13-7-15-21-10(2)6-14(17(18,19)20)24(15)22-13/h7,9-12,14,21H,3-6,8H2,1-2H3/t9-,10-,11-,12+,14-/m1/s1. The Bertz CT molecular complexity index is 686. The summed E-state index contributed by atoms with van der Waals surface area (Å²) in [4.78, 5) is 14.2. The third-order valence-corrected chi connectivity index (χ3v) is 5.74. The molecule has 5 nitrogen and oxygen atoms in total. The molecule has 5 atom stereocenters. The Morgan fingerprint density at radius 3 is 2.68 bits per heavy atom. The molecule has 4 rings (SSSR count). The van der Waals surface area contributed by atoms with Crippen LogP contribution in [0.15, 0.2) is 6.07 Å². The number of amides is 1. The molecule has 0 aromatic carbocycles. The lowest BCUT2D eigenvalue weighted by Gasteiger charge is -2.31. The van der Waals surface area contributed by atoms with Crippen LogP contribution in [-0.2, 0) is 4.79 Å². The number of carbonyl (C=O) groups is 1. The van der Waals surface area contributed by atoms with Gasteiger partial charge < -0.3 is 10.2 Å². The minimum atomic E-state index is -4.31. The number of nitrogens with zero attached hydrogens (tertiary/aromatic N) is 3. The fourth-order valence-corrected chi connectivity index (χ4v) is 4.08. The molecule has 2 fully saturated rings. The van der Waals surface area contributed by atoms with Gasteiger partial charge >= 0.3 is 6.18 Å². The molecule has 0 radical (unpaired) electrons. The van der Waals surface area contributed by atoms with Gasteiger partial charge in [-0.2, -0.15) is 18.3 Å². The van der Waals surface area contributed by atoms with Gasteiger partial charge in [-0.05, 0) is 32.1 Å². The molecule has 1 N–H and O–H groups in total. The molecule has 2 aliphatic heterocycles. The van der Waals surface area contributed by atoms with Gasteiger partial charge in [0.2, 0.25) is 5.91 Å². The number of halogens is 3. The average Bonchev–Trinajstić information content (AvgIpc) is 2.95. The van der Waals surface area contributed by atoms with Crippen LogP contribution in [0.3, 0.4) is 0 Å². The molecule has 1 saturated carbocycles. The molecule has 3 heterocycles. The van der Waals surface area contributed by atoms with Crippen molar-refractivity contribution in [2.24, 2.45) is 11.8 Å². The summed E-state index contributed by atoms with van der Waals surface area (Å²) in [5, 5.41) is 7.37. The Kier molecular flexibility index (Phi) is 3.77. The Morgan fingerprint density at radius 2 is 2.04 bits per heavy atom. The van der Waals surface area contributed by atoms with E-state index < -0.39 is 12.2 Å². The van der Waals surface area contributed by atoms with Crippen LogP contribution in [0, 0.1) is 11.8 Å². The first-order chi connectivity index (χ1) is 11.7. The Morgan fingerprint density at radius 1 is 1.32 bits per heavy atom. The summed E-state index contributed by atoms with van der Waals surface area (Å²) in [5.41, 5.74) is 0.657. The van der Waals surface area contributed by atoms with Gasteiger partial charge in [0, 0.05) is 37.0 Å². The number of anilines is 1. The highest BCUT2D eigenvalue weighted by molar-refractivity contribution is 5.82. The second-order valence-electron chi connectivity index (χ2n) is 7.83. The average molecular weight is 356 g/mol. The highest BCUT2D eigenvalue weighted by Gasteiger charge is 2.46. The molecule has 138 valence electrons. The third-order valence-electron chi connectivity index (χ3n) is 5.74. The van der Waals surface area contributed by atoms with Gasteiger partial charge in [-0.3, -0.25) is 4.79 Å². The van der Waals surface area contributed by atoms with Gasteiger partial charge in [-0.1, -0.05) is 6.92 Å². The maximum Gasteiger partial charge on any atom is 0.410 e. The number of aromatic nitrogens is 2. The summed E-state index contributed by atoms with van der Waals surface area (Å²) < 4.78 is 41.1. The van der Waals surface area contributed by atoms with E-state index in [4.69, 9.17) is 0 Å². The van der Waals surface area contributed by atoms with E-state index in [0.29, 0.717) is 30.5 Å². The quantitative estimate of drug-likeness (QED) is 0.886. The summed E-state index contributed by atoms with van der Waals surface area (Å²) >= 11 is 0. The molecule has 1 aromatic heterocycles. The van der Waals surface area contributed by atoms with Gasteiger partial charge in [0.15, 0.2) is 6.04 Å². The topological polar surface area (TPSA) is 50.2 Å². The monoisotopic (exact) mass is 356 g/mol. The zero-order valence-corrected chi connectivity index (χ0v) is 14.4. The Balaban J connectivity index is 1.52. The van der Waals surface area contributed by atoms with E-state index in [9.17, 15) is 18.0 Å². The Hall–Kier alpha value is -1.73. The van der Waals surface area contributed by atoms with Crippen molar-refractivity contribution in [2.75, 3.05) is 18.4 Å². The summed E-state index contributed by atoms with van der Waals surface area (Å²) in [5.74, 6) is 1.24. The zero-order chi connectivity index (χ0) is 17.9. The molecule has 25 heavy (non-hydrogen) atoms. The predicted octanol–water partition coefficient (Wildman–Crippen LogP) is 3.16. The van der Waals surface area contributed by atoms with E-state index in [2.05, 4.69) is 17.3 Å². The van der Waals surface area contributed by atoms with Gasteiger partial charge in [0.05, 0.1) is 5.69 Å². The maximum absolute atomic E-state index is 13.3. The van der Waals surface area contributed by atoms with E-state index in [1.165, 1.54) is 0 Å². The summed E-state index contributed by atoms with van der Waals surface area (Å²) in [7, 11) is 0. The van der Waals surface area contributed by atoms with Crippen LogP contribution in [-0.4, -0.2) is 45.9 Å². The molecule has 1 aromatic rings. The van der Waals surface area contributed by atoms with E-state index >= 15 is 0 Å². The van der Waals surface area contributed by atoms with Crippen LogP contribution in [0.25, 0.3) is 0 Å². The van der Waals surface area contributed by atoms with Crippen LogP contribution in [0.5, 0.6) is 0 Å². The second kappa shape index (κ2) is 5.64. The van der Waals surface area contributed by atoms with Gasteiger partial charge in [0.25, 0.3) is 0 Å². The lowest BCUT2D eigenvalue weighted by atomic mass is 10.0. The van der Waals surface area contributed by atoms with Crippen molar-refractivity contribution in [3.63, 3.8) is 0 Å². The van der Waals surface area contributed by atoms with Crippen LogP contribution in [0.2, 0.25) is 0 Å². The molecule has 1 saturated heterocycles. The van der Waals surface area contributed by atoms with Gasteiger partial charge in [-0.15, -0.1) is 0 Å². The van der Waals surface area contributed by atoms with E-state index in [0.717, 1.165) is 17.5 Å². The highest BCUT2D eigenvalue weighted by atomic mass is 19.4. The number of nitrogens with one attached hydrogen (secondary N) is 1. The van der Waals surface area contributed by atoms with Crippen LogP contribution in [0.1, 0.15) is 50.8 Å². The minimum absolute atomic E-state index is 0.0158. The van der Waals surface area contributed by atoms with Crippen molar-refractivity contribution in [1.82, 2.24) is 14.7 Å². The molecular formula is C17H23F3N4O. The molecule has 8 heteroatoms. The molecular weight excluding hydrogens is 333 g/mol. The van der Waals surface area contributed by atoms with Gasteiger partial charge in [-0.25, -0.2) is 4.68 Å². The highest BCUT2D eigenvalue weighted by Crippen LogP contribution is 2.42. The lowest BCUT2D eigenvalue weighted by Crippen LogP contribution is -2.37. The van der Waals surface area contributed by atoms with Crippen LogP contribution < -0.4 is 5.32 Å². The SMILES string of the molecule is C[C@@H]1C[C@H](C(F)(F)F)n2nc([C@@H]3CCN(C(=O)[C@H]4C[C@H]4C)C3)cc2N1. The first kappa shape index (κ1) is 16.7. The summed E-state index contributed by atoms with van der Waals surface area (Å²) in [6, 6.07) is -0.104. The smallest absolute Gasteiger partial charge is 0.368 e. The first-order valence-electron chi connectivity index (χ1n) is 8.95. The van der Waals surface area contributed by atoms with Crippen LogP contribution in [0.4, 0.5) is 19.0 Å². The minimum Gasteiger partial charge on any atom is -0.368 e.